The second-order valence-electron chi connectivity index (χ2n) is 5.88. The maximum absolute atomic E-state index is 5.92. The van der Waals surface area contributed by atoms with Crippen molar-refractivity contribution in [1.29, 1.82) is 0 Å². The zero-order valence-electron chi connectivity index (χ0n) is 14.7. The van der Waals surface area contributed by atoms with Crippen molar-refractivity contribution in [2.75, 3.05) is 13.6 Å². The maximum atomic E-state index is 5.92. The number of imidazole rings is 1. The summed E-state index contributed by atoms with van der Waals surface area (Å²) in [7, 11) is 1.76. The van der Waals surface area contributed by atoms with Crippen molar-refractivity contribution in [2.45, 2.75) is 26.5 Å². The van der Waals surface area contributed by atoms with Crippen LogP contribution in [-0.2, 0) is 6.54 Å². The normalized spacial score (nSPS) is 13.0. The summed E-state index contributed by atoms with van der Waals surface area (Å²) in [5.41, 5.74) is 2.17. The van der Waals surface area contributed by atoms with Gasteiger partial charge in [0.15, 0.2) is 10.9 Å². The number of aryl methyl sites for hydroxylation is 1. The molecule has 2 N–H and O–H groups in total. The molecular weight excluding hydrogens is 334 g/mol. The lowest BCUT2D eigenvalue weighted by atomic mass is 10.2. The molecule has 0 aliphatic rings. The van der Waals surface area contributed by atoms with Gasteiger partial charge in [0.05, 0.1) is 18.8 Å². The number of hydrogen-bond acceptors (Lipinski definition) is 4. The van der Waals surface area contributed by atoms with Crippen LogP contribution in [0.5, 0.6) is 5.75 Å². The van der Waals surface area contributed by atoms with Crippen LogP contribution in [-0.4, -0.2) is 35.0 Å². The topological polar surface area (TPSA) is 63.0 Å². The molecule has 2 heterocycles. The predicted molar refractivity (Wildman–Crippen MR) is 103 cm³/mol. The zero-order chi connectivity index (χ0) is 17.6. The van der Waals surface area contributed by atoms with Crippen LogP contribution < -0.4 is 15.4 Å². The zero-order valence-corrected chi connectivity index (χ0v) is 15.5. The van der Waals surface area contributed by atoms with Gasteiger partial charge in [0.2, 0.25) is 0 Å². The highest BCUT2D eigenvalue weighted by molar-refractivity contribution is 7.15. The number of fused-ring (bicyclic) bond motifs is 1. The van der Waals surface area contributed by atoms with Gasteiger partial charge in [0.25, 0.3) is 0 Å². The van der Waals surface area contributed by atoms with Crippen LogP contribution >= 0.6 is 11.3 Å². The minimum Gasteiger partial charge on any atom is -0.489 e. The standard InChI is InChI=1S/C18H23N5OS/c1-13-5-4-6-16(9-13)24-14(2)10-20-17(19-3)21-11-15-12-23-7-8-25-18(23)22-15/h4-9,12,14H,10-11H2,1-3H3,(H2,19,20,21). The number of nitrogens with zero attached hydrogens (tertiary/aromatic N) is 3. The van der Waals surface area contributed by atoms with Crippen LogP contribution in [0, 0.1) is 6.92 Å². The van der Waals surface area contributed by atoms with E-state index in [1.54, 1.807) is 18.4 Å². The summed E-state index contributed by atoms with van der Waals surface area (Å²) in [6, 6.07) is 8.07. The molecule has 0 amide bonds. The number of nitrogens with one attached hydrogen (secondary N) is 2. The van der Waals surface area contributed by atoms with Crippen molar-refractivity contribution in [3.05, 3.63) is 53.3 Å². The van der Waals surface area contributed by atoms with E-state index in [9.17, 15) is 0 Å². The fraction of sp³-hybridized carbons (Fsp3) is 0.333. The molecule has 0 aliphatic carbocycles. The molecule has 2 aromatic heterocycles. The first-order valence-corrected chi connectivity index (χ1v) is 9.11. The number of guanidine groups is 1. The van der Waals surface area contributed by atoms with Crippen molar-refractivity contribution in [3.8, 4) is 5.75 Å². The number of benzene rings is 1. The molecule has 0 spiro atoms. The SMILES string of the molecule is CN=C(NCc1cn2ccsc2n1)NCC(C)Oc1cccc(C)c1. The minimum atomic E-state index is 0.0262. The second kappa shape index (κ2) is 8.02. The Morgan fingerprint density at radius 2 is 2.28 bits per heavy atom. The van der Waals surface area contributed by atoms with E-state index >= 15 is 0 Å². The smallest absolute Gasteiger partial charge is 0.193 e. The minimum absolute atomic E-state index is 0.0262. The molecular formula is C18H23N5OS. The number of thiazole rings is 1. The third kappa shape index (κ3) is 4.73. The fourth-order valence-corrected chi connectivity index (χ4v) is 3.18. The molecule has 0 saturated heterocycles. The number of ether oxygens (including phenoxy) is 1. The summed E-state index contributed by atoms with van der Waals surface area (Å²) in [5, 5.41) is 8.58. The third-order valence-corrected chi connectivity index (χ3v) is 4.46. The number of hydrogen-bond donors (Lipinski definition) is 2. The van der Waals surface area contributed by atoms with Gasteiger partial charge in [0.1, 0.15) is 11.9 Å². The van der Waals surface area contributed by atoms with Crippen molar-refractivity contribution < 1.29 is 4.74 Å². The van der Waals surface area contributed by atoms with Gasteiger partial charge >= 0.3 is 0 Å². The molecule has 6 nitrogen and oxygen atoms in total. The maximum Gasteiger partial charge on any atom is 0.193 e. The van der Waals surface area contributed by atoms with Crippen LogP contribution in [0.1, 0.15) is 18.2 Å². The predicted octanol–water partition coefficient (Wildman–Crippen LogP) is 2.84. The van der Waals surface area contributed by atoms with Gasteiger partial charge in [-0.05, 0) is 31.5 Å². The van der Waals surface area contributed by atoms with E-state index in [0.717, 1.165) is 22.4 Å². The van der Waals surface area contributed by atoms with E-state index in [4.69, 9.17) is 4.74 Å². The first-order chi connectivity index (χ1) is 12.1. The van der Waals surface area contributed by atoms with Crippen molar-refractivity contribution in [2.24, 2.45) is 4.99 Å². The lowest BCUT2D eigenvalue weighted by molar-refractivity contribution is 0.223. The summed E-state index contributed by atoms with van der Waals surface area (Å²) in [4.78, 5) is 9.79. The van der Waals surface area contributed by atoms with E-state index in [1.807, 2.05) is 47.3 Å². The van der Waals surface area contributed by atoms with Gasteiger partial charge in [-0.2, -0.15) is 0 Å². The summed E-state index contributed by atoms with van der Waals surface area (Å²) in [5.74, 6) is 1.62. The van der Waals surface area contributed by atoms with Crippen molar-refractivity contribution >= 4 is 22.3 Å². The number of rotatable bonds is 6. The fourth-order valence-electron chi connectivity index (χ4n) is 2.46. The third-order valence-electron chi connectivity index (χ3n) is 3.69. The van der Waals surface area contributed by atoms with Crippen LogP contribution in [0.4, 0.5) is 0 Å². The lowest BCUT2D eigenvalue weighted by Crippen LogP contribution is -2.41. The highest BCUT2D eigenvalue weighted by Gasteiger charge is 2.07. The molecule has 0 saturated carbocycles. The van der Waals surface area contributed by atoms with E-state index in [1.165, 1.54) is 5.56 Å². The molecule has 1 aromatic carbocycles. The van der Waals surface area contributed by atoms with Gasteiger partial charge in [-0.15, -0.1) is 11.3 Å². The molecule has 3 aromatic rings. The van der Waals surface area contributed by atoms with E-state index in [0.29, 0.717) is 13.1 Å². The van der Waals surface area contributed by atoms with Crippen molar-refractivity contribution in [1.82, 2.24) is 20.0 Å². The largest absolute Gasteiger partial charge is 0.489 e. The molecule has 0 fully saturated rings. The molecule has 1 atom stereocenters. The Morgan fingerprint density at radius 1 is 1.40 bits per heavy atom. The molecule has 3 rings (SSSR count). The Labute approximate surface area is 151 Å². The molecule has 7 heteroatoms. The molecule has 0 bridgehead atoms. The Balaban J connectivity index is 1.46. The van der Waals surface area contributed by atoms with E-state index < -0.39 is 0 Å². The van der Waals surface area contributed by atoms with Gasteiger partial charge in [-0.1, -0.05) is 12.1 Å². The summed E-state index contributed by atoms with van der Waals surface area (Å²) in [6.45, 7) is 5.38. The Kier molecular flexibility index (Phi) is 5.55. The Morgan fingerprint density at radius 3 is 3.04 bits per heavy atom. The Hall–Kier alpha value is -2.54. The van der Waals surface area contributed by atoms with Crippen LogP contribution in [0.3, 0.4) is 0 Å². The van der Waals surface area contributed by atoms with Crippen LogP contribution in [0.15, 0.2) is 47.0 Å². The monoisotopic (exact) mass is 357 g/mol. The molecule has 0 radical (unpaired) electrons. The number of aromatic nitrogens is 2. The Bertz CT molecular complexity index is 825. The van der Waals surface area contributed by atoms with Crippen molar-refractivity contribution in [3.63, 3.8) is 0 Å². The lowest BCUT2D eigenvalue weighted by Gasteiger charge is -2.17. The molecule has 25 heavy (non-hydrogen) atoms. The summed E-state index contributed by atoms with van der Waals surface area (Å²) in [6.07, 6.45) is 4.06. The second-order valence-corrected chi connectivity index (χ2v) is 6.75. The molecule has 0 aliphatic heterocycles. The van der Waals surface area contributed by atoms with E-state index in [-0.39, 0.29) is 6.10 Å². The van der Waals surface area contributed by atoms with E-state index in [2.05, 4.69) is 33.6 Å². The summed E-state index contributed by atoms with van der Waals surface area (Å²) < 4.78 is 7.95. The van der Waals surface area contributed by atoms with Gasteiger partial charge in [-0.3, -0.25) is 9.39 Å². The highest BCUT2D eigenvalue weighted by atomic mass is 32.1. The first-order valence-electron chi connectivity index (χ1n) is 8.23. The van der Waals surface area contributed by atoms with Gasteiger partial charge in [0, 0.05) is 24.8 Å². The first kappa shape index (κ1) is 17.3. The van der Waals surface area contributed by atoms with Crippen LogP contribution in [0.25, 0.3) is 4.96 Å². The van der Waals surface area contributed by atoms with Gasteiger partial charge in [-0.25, -0.2) is 4.98 Å². The molecule has 1 unspecified atom stereocenters. The highest BCUT2D eigenvalue weighted by Crippen LogP contribution is 2.14. The quantitative estimate of drug-likeness (QED) is 0.526. The average molecular weight is 357 g/mol. The average Bonchev–Trinajstić information content (AvgIpc) is 3.16. The molecule has 132 valence electrons. The van der Waals surface area contributed by atoms with Gasteiger partial charge < -0.3 is 15.4 Å². The summed E-state index contributed by atoms with van der Waals surface area (Å²) >= 11 is 1.63. The number of aliphatic imine (C=N–C) groups is 1. The van der Waals surface area contributed by atoms with Crippen LogP contribution in [0.2, 0.25) is 0 Å².